The molecule has 2 aromatic carbocycles. The maximum Gasteiger partial charge on any atom is 0.279 e. The van der Waals surface area contributed by atoms with Crippen LogP contribution in [0.5, 0.6) is 11.5 Å². The highest BCUT2D eigenvalue weighted by atomic mass is 32.1. The predicted molar refractivity (Wildman–Crippen MR) is 110 cm³/mol. The first-order chi connectivity index (χ1) is 13.7. The molecule has 1 heterocycles. The quantitative estimate of drug-likeness (QED) is 0.538. The van der Waals surface area contributed by atoms with Crippen LogP contribution in [0.2, 0.25) is 0 Å². The third kappa shape index (κ3) is 4.43. The summed E-state index contributed by atoms with van der Waals surface area (Å²) in [6.45, 7) is 6.23. The monoisotopic (exact) mass is 400 g/mol. The fourth-order valence-corrected chi connectivity index (χ4v) is 3.94. The van der Waals surface area contributed by atoms with Crippen LogP contribution in [0.3, 0.4) is 0 Å². The summed E-state index contributed by atoms with van der Waals surface area (Å²) in [7, 11) is 1.57. The van der Waals surface area contributed by atoms with Crippen molar-refractivity contribution in [2.45, 2.75) is 20.4 Å². The molecule has 0 aliphatic heterocycles. The van der Waals surface area contributed by atoms with Crippen LogP contribution in [0.4, 0.5) is 0 Å². The lowest BCUT2D eigenvalue weighted by atomic mass is 10.2. The van der Waals surface area contributed by atoms with Gasteiger partial charge in [0.25, 0.3) is 5.91 Å². The molecule has 28 heavy (non-hydrogen) atoms. The summed E-state index contributed by atoms with van der Waals surface area (Å²) in [5.41, 5.74) is 1.42. The lowest BCUT2D eigenvalue weighted by Gasteiger charge is -2.10. The van der Waals surface area contributed by atoms with Gasteiger partial charge in [-0.25, -0.2) is 0 Å². The minimum Gasteiger partial charge on any atom is -0.497 e. The highest BCUT2D eigenvalue weighted by molar-refractivity contribution is 7.16. The summed E-state index contributed by atoms with van der Waals surface area (Å²) in [6.07, 6.45) is 0. The van der Waals surface area contributed by atoms with E-state index in [4.69, 9.17) is 14.2 Å². The van der Waals surface area contributed by atoms with E-state index < -0.39 is 0 Å². The number of nitrogens with zero attached hydrogens (tertiary/aromatic N) is 2. The van der Waals surface area contributed by atoms with Gasteiger partial charge in [-0.3, -0.25) is 4.79 Å². The number of amides is 1. The minimum absolute atomic E-state index is 0.312. The van der Waals surface area contributed by atoms with Crippen LogP contribution in [0.1, 0.15) is 24.2 Å². The van der Waals surface area contributed by atoms with E-state index in [-0.39, 0.29) is 5.91 Å². The number of aromatic nitrogens is 1. The van der Waals surface area contributed by atoms with Gasteiger partial charge in [0.1, 0.15) is 17.0 Å². The highest BCUT2D eigenvalue weighted by Gasteiger charge is 2.13. The summed E-state index contributed by atoms with van der Waals surface area (Å²) in [6, 6.07) is 12.9. The number of fused-ring (bicyclic) bond motifs is 1. The molecule has 0 spiro atoms. The molecule has 0 bridgehead atoms. The average Bonchev–Trinajstić information content (AvgIpc) is 3.06. The topological polar surface area (TPSA) is 62.1 Å². The zero-order valence-corrected chi connectivity index (χ0v) is 17.1. The summed E-state index contributed by atoms with van der Waals surface area (Å²) < 4.78 is 19.5. The fourth-order valence-electron chi connectivity index (χ4n) is 2.87. The Hall–Kier alpha value is -2.64. The van der Waals surface area contributed by atoms with Crippen LogP contribution in [0.15, 0.2) is 47.5 Å². The Balaban J connectivity index is 2.10. The molecule has 148 valence electrons. The van der Waals surface area contributed by atoms with Crippen LogP contribution < -0.4 is 14.3 Å². The molecule has 0 fully saturated rings. The number of ether oxygens (including phenoxy) is 3. The van der Waals surface area contributed by atoms with Crippen molar-refractivity contribution in [3.63, 3.8) is 0 Å². The molecular formula is C21H24N2O4S. The van der Waals surface area contributed by atoms with Gasteiger partial charge in [0, 0.05) is 18.7 Å². The first-order valence-electron chi connectivity index (χ1n) is 9.24. The van der Waals surface area contributed by atoms with Crippen molar-refractivity contribution in [1.29, 1.82) is 0 Å². The van der Waals surface area contributed by atoms with Crippen LogP contribution in [0, 0.1) is 0 Å². The molecule has 0 radical (unpaired) electrons. The van der Waals surface area contributed by atoms with Crippen molar-refractivity contribution in [2.75, 3.05) is 26.9 Å². The van der Waals surface area contributed by atoms with E-state index in [1.807, 2.05) is 36.6 Å². The van der Waals surface area contributed by atoms with Gasteiger partial charge < -0.3 is 18.8 Å². The Morgan fingerprint density at radius 2 is 1.96 bits per heavy atom. The third-order valence-electron chi connectivity index (χ3n) is 4.14. The smallest absolute Gasteiger partial charge is 0.279 e. The van der Waals surface area contributed by atoms with Gasteiger partial charge in [-0.2, -0.15) is 4.99 Å². The summed E-state index contributed by atoms with van der Waals surface area (Å²) in [5.74, 6) is 1.09. The Labute approximate surface area is 168 Å². The van der Waals surface area contributed by atoms with E-state index in [0.717, 1.165) is 16.0 Å². The number of carbonyl (C=O) groups excluding carboxylic acids is 1. The van der Waals surface area contributed by atoms with E-state index in [9.17, 15) is 4.79 Å². The lowest BCUT2D eigenvalue weighted by Crippen LogP contribution is -2.20. The number of hydrogen-bond donors (Lipinski definition) is 0. The number of rotatable bonds is 8. The van der Waals surface area contributed by atoms with Crippen LogP contribution >= 0.6 is 11.3 Å². The molecule has 0 aliphatic carbocycles. The van der Waals surface area contributed by atoms with Gasteiger partial charge in [-0.05, 0) is 44.2 Å². The first kappa shape index (κ1) is 20.1. The van der Waals surface area contributed by atoms with E-state index in [1.165, 1.54) is 11.3 Å². The zero-order valence-electron chi connectivity index (χ0n) is 16.3. The van der Waals surface area contributed by atoms with Crippen molar-refractivity contribution in [1.82, 2.24) is 4.57 Å². The molecule has 0 N–H and O–H groups in total. The maximum absolute atomic E-state index is 12.8. The maximum atomic E-state index is 12.8. The van der Waals surface area contributed by atoms with E-state index >= 15 is 0 Å². The molecule has 0 unspecified atom stereocenters. The molecule has 1 aromatic heterocycles. The van der Waals surface area contributed by atoms with Gasteiger partial charge in [0.15, 0.2) is 4.80 Å². The Bertz CT molecular complexity index is 1020. The van der Waals surface area contributed by atoms with Gasteiger partial charge in [0.2, 0.25) is 0 Å². The third-order valence-corrected chi connectivity index (χ3v) is 5.18. The number of hydrogen-bond acceptors (Lipinski definition) is 5. The Kier molecular flexibility index (Phi) is 6.84. The van der Waals surface area contributed by atoms with Crippen molar-refractivity contribution < 1.29 is 19.0 Å². The molecule has 7 heteroatoms. The van der Waals surface area contributed by atoms with E-state index in [2.05, 4.69) is 4.99 Å². The largest absolute Gasteiger partial charge is 0.497 e. The van der Waals surface area contributed by atoms with Gasteiger partial charge in [-0.15, -0.1) is 0 Å². The second-order valence-electron chi connectivity index (χ2n) is 5.92. The molecule has 1 amide bonds. The number of carbonyl (C=O) groups is 1. The SMILES string of the molecule is CCOCCn1c(=NC(=O)c2cccc(OC)c2)sc2cccc(OCC)c21. The molecular weight excluding hydrogens is 376 g/mol. The highest BCUT2D eigenvalue weighted by Crippen LogP contribution is 2.27. The van der Waals surface area contributed by atoms with Crippen molar-refractivity contribution in [3.05, 3.63) is 52.8 Å². The standard InChI is InChI=1S/C21H24N2O4S/c1-4-26-13-12-23-19-17(27-5-2)10-7-11-18(19)28-21(23)22-20(24)15-8-6-9-16(14-15)25-3/h6-11,14H,4-5,12-13H2,1-3H3. The Morgan fingerprint density at radius 1 is 1.14 bits per heavy atom. The minimum atomic E-state index is -0.312. The molecule has 3 rings (SSSR count). The fraction of sp³-hybridized carbons (Fsp3) is 0.333. The first-order valence-corrected chi connectivity index (χ1v) is 10.1. The van der Waals surface area contributed by atoms with E-state index in [1.54, 1.807) is 31.4 Å². The zero-order chi connectivity index (χ0) is 19.9. The van der Waals surface area contributed by atoms with Gasteiger partial charge in [-0.1, -0.05) is 23.5 Å². The normalized spacial score (nSPS) is 11.8. The van der Waals surface area contributed by atoms with Crippen LogP contribution in [0.25, 0.3) is 10.2 Å². The molecule has 0 aliphatic rings. The van der Waals surface area contributed by atoms with Crippen LogP contribution in [-0.2, 0) is 11.3 Å². The average molecular weight is 401 g/mol. The molecule has 0 saturated heterocycles. The van der Waals surface area contributed by atoms with Crippen molar-refractivity contribution in [3.8, 4) is 11.5 Å². The van der Waals surface area contributed by atoms with Crippen molar-refractivity contribution in [2.24, 2.45) is 4.99 Å². The number of methoxy groups -OCH3 is 1. The summed E-state index contributed by atoms with van der Waals surface area (Å²) >= 11 is 1.46. The van der Waals surface area contributed by atoms with Gasteiger partial charge >= 0.3 is 0 Å². The number of thiazole rings is 1. The van der Waals surface area contributed by atoms with Gasteiger partial charge in [0.05, 0.1) is 25.0 Å². The molecule has 0 saturated carbocycles. The lowest BCUT2D eigenvalue weighted by molar-refractivity contribution is 0.0996. The predicted octanol–water partition coefficient (Wildman–Crippen LogP) is 3.89. The molecule has 6 nitrogen and oxygen atoms in total. The van der Waals surface area contributed by atoms with E-state index in [0.29, 0.717) is 42.5 Å². The number of benzene rings is 2. The molecule has 3 aromatic rings. The second-order valence-corrected chi connectivity index (χ2v) is 6.93. The second kappa shape index (κ2) is 9.52. The molecule has 0 atom stereocenters. The number of para-hydroxylation sites is 1. The summed E-state index contributed by atoms with van der Waals surface area (Å²) in [5, 5.41) is 0. The van der Waals surface area contributed by atoms with Crippen molar-refractivity contribution >= 4 is 27.5 Å². The Morgan fingerprint density at radius 3 is 2.71 bits per heavy atom. The van der Waals surface area contributed by atoms with Crippen LogP contribution in [-0.4, -0.2) is 37.4 Å². The summed E-state index contributed by atoms with van der Waals surface area (Å²) in [4.78, 5) is 17.8.